The second kappa shape index (κ2) is 8.24. The number of esters is 1. The Kier molecular flexibility index (Phi) is 5.58. The third kappa shape index (κ3) is 3.85. The highest BCUT2D eigenvalue weighted by atomic mass is 16.5. The largest absolute Gasteiger partial charge is 0.497 e. The van der Waals surface area contributed by atoms with E-state index in [2.05, 4.69) is 6.07 Å². The van der Waals surface area contributed by atoms with E-state index in [1.807, 2.05) is 42.5 Å². The van der Waals surface area contributed by atoms with Gasteiger partial charge in [-0.05, 0) is 30.2 Å². The van der Waals surface area contributed by atoms with Gasteiger partial charge in [-0.2, -0.15) is 5.26 Å². The predicted octanol–water partition coefficient (Wildman–Crippen LogP) is 4.26. The lowest BCUT2D eigenvalue weighted by atomic mass is 10.0. The van der Waals surface area contributed by atoms with E-state index in [0.29, 0.717) is 29.1 Å². The zero-order valence-electron chi connectivity index (χ0n) is 15.3. The Morgan fingerprint density at radius 2 is 1.81 bits per heavy atom. The summed E-state index contributed by atoms with van der Waals surface area (Å²) in [6, 6.07) is 19.3. The van der Waals surface area contributed by atoms with Crippen molar-refractivity contribution in [3.63, 3.8) is 0 Å². The number of carbonyl (C=O) groups is 1. The van der Waals surface area contributed by atoms with E-state index in [0.717, 1.165) is 11.1 Å². The summed E-state index contributed by atoms with van der Waals surface area (Å²) in [5, 5.41) is 9.66. The van der Waals surface area contributed by atoms with Crippen molar-refractivity contribution in [3.8, 4) is 22.9 Å². The van der Waals surface area contributed by atoms with Crippen LogP contribution in [0.2, 0.25) is 0 Å². The molecule has 3 aromatic rings. The van der Waals surface area contributed by atoms with Gasteiger partial charge < -0.3 is 14.0 Å². The maximum atomic E-state index is 12.7. The first kappa shape index (κ1) is 18.3. The molecule has 1 aromatic heterocycles. The van der Waals surface area contributed by atoms with Crippen molar-refractivity contribution in [1.82, 2.24) is 4.57 Å². The third-order valence-electron chi connectivity index (χ3n) is 4.24. The van der Waals surface area contributed by atoms with Gasteiger partial charge in [0.25, 0.3) is 0 Å². The van der Waals surface area contributed by atoms with Crippen LogP contribution in [-0.2, 0) is 11.3 Å². The van der Waals surface area contributed by atoms with Gasteiger partial charge in [-0.3, -0.25) is 0 Å². The van der Waals surface area contributed by atoms with Crippen molar-refractivity contribution in [3.05, 3.63) is 77.6 Å². The second-order valence-electron chi connectivity index (χ2n) is 5.94. The first-order valence-electron chi connectivity index (χ1n) is 8.66. The van der Waals surface area contributed by atoms with E-state index >= 15 is 0 Å². The summed E-state index contributed by atoms with van der Waals surface area (Å²) in [5.41, 5.74) is 3.18. The first-order chi connectivity index (χ1) is 13.2. The molecule has 0 aliphatic rings. The molecule has 5 nitrogen and oxygen atoms in total. The molecule has 0 atom stereocenters. The van der Waals surface area contributed by atoms with Crippen molar-refractivity contribution in [1.29, 1.82) is 5.26 Å². The fourth-order valence-electron chi connectivity index (χ4n) is 3.01. The monoisotopic (exact) mass is 360 g/mol. The fraction of sp³-hybridized carbons (Fsp3) is 0.182. The van der Waals surface area contributed by atoms with Crippen molar-refractivity contribution in [2.45, 2.75) is 13.5 Å². The quantitative estimate of drug-likeness (QED) is 0.616. The SMILES string of the molecule is CCOC(=O)c1c(-c2ccc(OC)cc2)c(C#N)cn1Cc1ccccc1. The smallest absolute Gasteiger partial charge is 0.355 e. The van der Waals surface area contributed by atoms with Crippen molar-refractivity contribution >= 4 is 5.97 Å². The minimum Gasteiger partial charge on any atom is -0.497 e. The average Bonchev–Trinajstić information content (AvgIpc) is 3.07. The van der Waals surface area contributed by atoms with Crippen LogP contribution < -0.4 is 4.74 Å². The molecular weight excluding hydrogens is 340 g/mol. The van der Waals surface area contributed by atoms with Gasteiger partial charge >= 0.3 is 5.97 Å². The topological polar surface area (TPSA) is 64.2 Å². The van der Waals surface area contributed by atoms with Gasteiger partial charge in [0.2, 0.25) is 0 Å². The molecule has 136 valence electrons. The molecule has 27 heavy (non-hydrogen) atoms. The van der Waals surface area contributed by atoms with Gasteiger partial charge in [0.1, 0.15) is 17.5 Å². The summed E-state index contributed by atoms with van der Waals surface area (Å²) in [6.45, 7) is 2.50. The molecule has 0 saturated heterocycles. The van der Waals surface area contributed by atoms with E-state index < -0.39 is 5.97 Å². The minimum absolute atomic E-state index is 0.263. The van der Waals surface area contributed by atoms with Crippen LogP contribution in [0.4, 0.5) is 0 Å². The zero-order valence-corrected chi connectivity index (χ0v) is 15.3. The summed E-state index contributed by atoms with van der Waals surface area (Å²) in [7, 11) is 1.59. The van der Waals surface area contributed by atoms with Gasteiger partial charge in [-0.25, -0.2) is 4.79 Å². The van der Waals surface area contributed by atoms with E-state index in [9.17, 15) is 10.1 Å². The molecular formula is C22H20N2O3. The number of benzene rings is 2. The van der Waals surface area contributed by atoms with Crippen LogP contribution in [0.1, 0.15) is 28.5 Å². The molecule has 3 rings (SSSR count). The summed E-state index contributed by atoms with van der Waals surface area (Å²) in [5.74, 6) is 0.263. The van der Waals surface area contributed by atoms with Crippen molar-refractivity contribution in [2.24, 2.45) is 0 Å². The molecule has 0 aliphatic carbocycles. The normalized spacial score (nSPS) is 10.3. The van der Waals surface area contributed by atoms with Crippen molar-refractivity contribution < 1.29 is 14.3 Å². The predicted molar refractivity (Wildman–Crippen MR) is 103 cm³/mol. The van der Waals surface area contributed by atoms with Crippen LogP contribution in [0.3, 0.4) is 0 Å². The highest BCUT2D eigenvalue weighted by Crippen LogP contribution is 2.32. The van der Waals surface area contributed by atoms with Gasteiger partial charge in [-0.15, -0.1) is 0 Å². The Bertz CT molecular complexity index is 967. The highest BCUT2D eigenvalue weighted by molar-refractivity contribution is 5.98. The number of methoxy groups -OCH3 is 1. The molecule has 5 heteroatoms. The van der Waals surface area contributed by atoms with Gasteiger partial charge in [0.05, 0.1) is 19.3 Å². The van der Waals surface area contributed by atoms with Gasteiger partial charge in [-0.1, -0.05) is 42.5 Å². The maximum Gasteiger partial charge on any atom is 0.355 e. The highest BCUT2D eigenvalue weighted by Gasteiger charge is 2.24. The number of aromatic nitrogens is 1. The van der Waals surface area contributed by atoms with Crippen LogP contribution in [0.25, 0.3) is 11.1 Å². The summed E-state index contributed by atoms with van der Waals surface area (Å²) in [6.07, 6.45) is 1.71. The molecule has 2 aromatic carbocycles. The van der Waals surface area contributed by atoms with E-state index in [4.69, 9.17) is 9.47 Å². The van der Waals surface area contributed by atoms with Crippen LogP contribution in [0.15, 0.2) is 60.8 Å². The van der Waals surface area contributed by atoms with E-state index in [1.165, 1.54) is 0 Å². The molecule has 0 fully saturated rings. The average molecular weight is 360 g/mol. The number of ether oxygens (including phenoxy) is 2. The number of hydrogen-bond donors (Lipinski definition) is 0. The van der Waals surface area contributed by atoms with E-state index in [-0.39, 0.29) is 6.61 Å². The molecule has 0 radical (unpaired) electrons. The second-order valence-corrected chi connectivity index (χ2v) is 5.94. The molecule has 0 saturated carbocycles. The maximum absolute atomic E-state index is 12.7. The summed E-state index contributed by atoms with van der Waals surface area (Å²) >= 11 is 0. The summed E-state index contributed by atoms with van der Waals surface area (Å²) in [4.78, 5) is 12.7. The molecule has 0 aliphatic heterocycles. The summed E-state index contributed by atoms with van der Waals surface area (Å²) < 4.78 is 12.3. The lowest BCUT2D eigenvalue weighted by molar-refractivity contribution is 0.0515. The minimum atomic E-state index is -0.444. The number of nitriles is 1. The number of hydrogen-bond acceptors (Lipinski definition) is 4. The third-order valence-corrected chi connectivity index (χ3v) is 4.24. The van der Waals surface area contributed by atoms with Crippen LogP contribution >= 0.6 is 0 Å². The standard InChI is InChI=1S/C22H20N2O3/c1-3-27-22(25)21-20(17-9-11-19(26-2)12-10-17)18(13-23)15-24(21)14-16-7-5-4-6-8-16/h4-12,15H,3,14H2,1-2H3. The molecule has 0 amide bonds. The Balaban J connectivity index is 2.15. The Morgan fingerprint density at radius 1 is 1.11 bits per heavy atom. The van der Waals surface area contributed by atoms with Gasteiger partial charge in [0.15, 0.2) is 0 Å². The Morgan fingerprint density at radius 3 is 2.41 bits per heavy atom. The molecule has 0 spiro atoms. The number of nitrogens with zero attached hydrogens (tertiary/aromatic N) is 2. The Labute approximate surface area is 158 Å². The molecule has 1 heterocycles. The van der Waals surface area contributed by atoms with Crippen molar-refractivity contribution in [2.75, 3.05) is 13.7 Å². The lowest BCUT2D eigenvalue weighted by Gasteiger charge is -2.11. The Hall–Kier alpha value is -3.52. The molecule has 0 N–H and O–H groups in total. The van der Waals surface area contributed by atoms with E-state index in [1.54, 1.807) is 36.9 Å². The molecule has 0 unspecified atom stereocenters. The van der Waals surface area contributed by atoms with Gasteiger partial charge in [0, 0.05) is 18.3 Å². The fourth-order valence-corrected chi connectivity index (χ4v) is 3.01. The van der Waals surface area contributed by atoms with Crippen LogP contribution in [0, 0.1) is 11.3 Å². The number of rotatable bonds is 6. The van der Waals surface area contributed by atoms with Crippen LogP contribution in [0.5, 0.6) is 5.75 Å². The number of carbonyl (C=O) groups excluding carboxylic acids is 1. The zero-order chi connectivity index (χ0) is 19.2. The lowest BCUT2D eigenvalue weighted by Crippen LogP contribution is -2.13. The molecule has 0 bridgehead atoms. The first-order valence-corrected chi connectivity index (χ1v) is 8.66. The van der Waals surface area contributed by atoms with Crippen LogP contribution in [-0.4, -0.2) is 24.3 Å².